The summed E-state index contributed by atoms with van der Waals surface area (Å²) >= 11 is 0. The van der Waals surface area contributed by atoms with E-state index in [0.717, 1.165) is 25.0 Å². The molecule has 0 bridgehead atoms. The minimum Gasteiger partial charge on any atom is -0.496 e. The molecule has 1 aliphatic rings. The maximum absolute atomic E-state index is 13.7. The zero-order chi connectivity index (χ0) is 22.6. The van der Waals surface area contributed by atoms with E-state index in [-0.39, 0.29) is 17.8 Å². The van der Waals surface area contributed by atoms with Gasteiger partial charge in [-0.1, -0.05) is 12.1 Å². The van der Waals surface area contributed by atoms with Gasteiger partial charge < -0.3 is 19.1 Å². The number of rotatable bonds is 5. The molecule has 1 heterocycles. The van der Waals surface area contributed by atoms with Gasteiger partial charge in [0.2, 0.25) is 0 Å². The number of carbonyl (C=O) groups excluding carboxylic acids is 1. The first-order valence-electron chi connectivity index (χ1n) is 10.4. The van der Waals surface area contributed by atoms with Crippen molar-refractivity contribution in [1.29, 1.82) is 0 Å². The highest BCUT2D eigenvalue weighted by Gasteiger charge is 2.28. The van der Waals surface area contributed by atoms with Gasteiger partial charge in [0.15, 0.2) is 11.6 Å². The van der Waals surface area contributed by atoms with Crippen molar-refractivity contribution in [2.45, 2.75) is 39.2 Å². The van der Waals surface area contributed by atoms with Crippen LogP contribution in [0.15, 0.2) is 36.4 Å². The van der Waals surface area contributed by atoms with Gasteiger partial charge >= 0.3 is 6.09 Å². The van der Waals surface area contributed by atoms with Crippen molar-refractivity contribution in [3.63, 3.8) is 0 Å². The van der Waals surface area contributed by atoms with Crippen molar-refractivity contribution in [3.05, 3.63) is 48.0 Å². The molecule has 0 aromatic heterocycles. The van der Waals surface area contributed by atoms with Gasteiger partial charge in [-0.3, -0.25) is 0 Å². The third kappa shape index (κ3) is 6.09. The first-order chi connectivity index (χ1) is 14.7. The summed E-state index contributed by atoms with van der Waals surface area (Å²) in [6, 6.07) is 9.28. The van der Waals surface area contributed by atoms with Crippen LogP contribution in [0.25, 0.3) is 11.1 Å². The molecule has 5 nitrogen and oxygen atoms in total. The molecule has 0 aliphatic carbocycles. The average Bonchev–Trinajstić information content (AvgIpc) is 2.73. The number of nitrogens with zero attached hydrogens (tertiary/aromatic N) is 1. The molecule has 0 spiro atoms. The quantitative estimate of drug-likeness (QED) is 0.610. The van der Waals surface area contributed by atoms with Gasteiger partial charge in [-0.05, 0) is 57.4 Å². The van der Waals surface area contributed by atoms with E-state index in [0.29, 0.717) is 36.6 Å². The second-order valence-corrected chi connectivity index (χ2v) is 8.74. The SMILES string of the molecule is COc1cc(F)c(F)cc1-c1ccc(OCC2CCCN(C(=O)OC(C)(C)C)C2)cc1. The van der Waals surface area contributed by atoms with Crippen molar-refractivity contribution in [2.24, 2.45) is 5.92 Å². The predicted molar refractivity (Wildman–Crippen MR) is 114 cm³/mol. The zero-order valence-corrected chi connectivity index (χ0v) is 18.4. The lowest BCUT2D eigenvalue weighted by Crippen LogP contribution is -2.44. The first-order valence-corrected chi connectivity index (χ1v) is 10.4. The van der Waals surface area contributed by atoms with Crippen molar-refractivity contribution >= 4 is 6.09 Å². The number of carbonyl (C=O) groups is 1. The van der Waals surface area contributed by atoms with E-state index in [1.807, 2.05) is 20.8 Å². The molecule has 3 rings (SSSR count). The van der Waals surface area contributed by atoms with Crippen LogP contribution in [0.4, 0.5) is 13.6 Å². The fraction of sp³-hybridized carbons (Fsp3) is 0.458. The Morgan fingerprint density at radius 3 is 2.45 bits per heavy atom. The summed E-state index contributed by atoms with van der Waals surface area (Å²) in [5.41, 5.74) is 0.642. The molecular weight excluding hydrogens is 404 g/mol. The number of likely N-dealkylation sites (tertiary alicyclic amines) is 1. The van der Waals surface area contributed by atoms with Crippen LogP contribution in [0.1, 0.15) is 33.6 Å². The number of halogens is 2. The van der Waals surface area contributed by atoms with Crippen LogP contribution < -0.4 is 9.47 Å². The molecule has 0 radical (unpaired) electrons. The molecular formula is C24H29F2NO4. The van der Waals surface area contributed by atoms with E-state index in [9.17, 15) is 13.6 Å². The Morgan fingerprint density at radius 1 is 1.13 bits per heavy atom. The van der Waals surface area contributed by atoms with E-state index < -0.39 is 17.2 Å². The van der Waals surface area contributed by atoms with E-state index >= 15 is 0 Å². The standard InChI is InChI=1S/C24H29F2NO4/c1-24(2,3)31-23(28)27-11-5-6-16(14-27)15-30-18-9-7-17(8-10-18)19-12-20(25)21(26)13-22(19)29-4/h7-10,12-13,16H,5-6,11,14-15H2,1-4H3. The summed E-state index contributed by atoms with van der Waals surface area (Å²) in [7, 11) is 1.42. The number of ether oxygens (including phenoxy) is 3. The number of hydrogen-bond acceptors (Lipinski definition) is 4. The second kappa shape index (κ2) is 9.54. The highest BCUT2D eigenvalue weighted by atomic mass is 19.2. The Bertz CT molecular complexity index is 909. The lowest BCUT2D eigenvalue weighted by molar-refractivity contribution is 0.0139. The molecule has 7 heteroatoms. The largest absolute Gasteiger partial charge is 0.496 e. The summed E-state index contributed by atoms with van der Waals surface area (Å²) in [5, 5.41) is 0. The van der Waals surface area contributed by atoms with Gasteiger partial charge in [0.1, 0.15) is 17.1 Å². The van der Waals surface area contributed by atoms with Gasteiger partial charge in [0, 0.05) is 30.6 Å². The molecule has 1 saturated heterocycles. The summed E-state index contributed by atoms with van der Waals surface area (Å²) in [4.78, 5) is 14.0. The molecule has 168 valence electrons. The molecule has 1 atom stereocenters. The van der Waals surface area contributed by atoms with Crippen molar-refractivity contribution in [2.75, 3.05) is 26.8 Å². The van der Waals surface area contributed by atoms with Gasteiger partial charge in [-0.25, -0.2) is 13.6 Å². The maximum Gasteiger partial charge on any atom is 0.410 e. The molecule has 1 fully saturated rings. The molecule has 1 amide bonds. The molecule has 2 aromatic carbocycles. The number of benzene rings is 2. The highest BCUT2D eigenvalue weighted by molar-refractivity contribution is 5.71. The Kier molecular flexibility index (Phi) is 7.03. The van der Waals surface area contributed by atoms with Gasteiger partial charge in [0.05, 0.1) is 13.7 Å². The summed E-state index contributed by atoms with van der Waals surface area (Å²) < 4.78 is 43.7. The zero-order valence-electron chi connectivity index (χ0n) is 18.4. The maximum atomic E-state index is 13.7. The lowest BCUT2D eigenvalue weighted by atomic mass is 9.99. The van der Waals surface area contributed by atoms with Crippen LogP contribution in [0.5, 0.6) is 11.5 Å². The van der Waals surface area contributed by atoms with Gasteiger partial charge in [0.25, 0.3) is 0 Å². The van der Waals surface area contributed by atoms with Crippen LogP contribution in [0.2, 0.25) is 0 Å². The molecule has 31 heavy (non-hydrogen) atoms. The predicted octanol–water partition coefficient (Wildman–Crippen LogP) is 5.67. The Labute approximate surface area is 181 Å². The molecule has 2 aromatic rings. The fourth-order valence-corrected chi connectivity index (χ4v) is 3.56. The van der Waals surface area contributed by atoms with Crippen LogP contribution in [-0.2, 0) is 4.74 Å². The van der Waals surface area contributed by atoms with E-state index in [2.05, 4.69) is 0 Å². The van der Waals surface area contributed by atoms with Crippen molar-refractivity contribution in [3.8, 4) is 22.6 Å². The molecule has 0 N–H and O–H groups in total. The molecule has 1 unspecified atom stereocenters. The number of amides is 1. The van der Waals surface area contributed by atoms with Crippen LogP contribution in [0.3, 0.4) is 0 Å². The van der Waals surface area contributed by atoms with Crippen LogP contribution in [-0.4, -0.2) is 43.4 Å². The first kappa shape index (κ1) is 22.8. The summed E-state index contributed by atoms with van der Waals surface area (Å²) in [6.45, 7) is 7.33. The Hall–Kier alpha value is -2.83. The van der Waals surface area contributed by atoms with Crippen molar-refractivity contribution in [1.82, 2.24) is 4.90 Å². The van der Waals surface area contributed by atoms with E-state index in [4.69, 9.17) is 14.2 Å². The number of piperidine rings is 1. The molecule has 0 saturated carbocycles. The highest BCUT2D eigenvalue weighted by Crippen LogP contribution is 2.33. The number of methoxy groups -OCH3 is 1. The third-order valence-electron chi connectivity index (χ3n) is 5.06. The number of hydrogen-bond donors (Lipinski definition) is 0. The van der Waals surface area contributed by atoms with E-state index in [1.54, 1.807) is 29.2 Å². The Balaban J connectivity index is 1.60. The third-order valence-corrected chi connectivity index (χ3v) is 5.06. The van der Waals surface area contributed by atoms with Crippen LogP contribution >= 0.6 is 0 Å². The minimum absolute atomic E-state index is 0.215. The van der Waals surface area contributed by atoms with Crippen LogP contribution in [0, 0.1) is 17.6 Å². The van der Waals surface area contributed by atoms with Crippen molar-refractivity contribution < 1.29 is 27.8 Å². The lowest BCUT2D eigenvalue weighted by Gasteiger charge is -2.34. The average molecular weight is 433 g/mol. The van der Waals surface area contributed by atoms with Gasteiger partial charge in [-0.2, -0.15) is 0 Å². The normalized spacial score (nSPS) is 16.7. The summed E-state index contributed by atoms with van der Waals surface area (Å²) in [6.07, 6.45) is 1.59. The monoisotopic (exact) mass is 433 g/mol. The fourth-order valence-electron chi connectivity index (χ4n) is 3.56. The smallest absolute Gasteiger partial charge is 0.410 e. The van der Waals surface area contributed by atoms with E-state index in [1.165, 1.54) is 7.11 Å². The summed E-state index contributed by atoms with van der Waals surface area (Å²) in [5.74, 6) is -0.736. The molecule has 1 aliphatic heterocycles. The minimum atomic E-state index is -0.950. The second-order valence-electron chi connectivity index (χ2n) is 8.74. The Morgan fingerprint density at radius 2 is 1.81 bits per heavy atom. The van der Waals surface area contributed by atoms with Gasteiger partial charge in [-0.15, -0.1) is 0 Å². The topological polar surface area (TPSA) is 48.0 Å².